The highest BCUT2D eigenvalue weighted by Gasteiger charge is 2.14. The lowest BCUT2D eigenvalue weighted by atomic mass is 10.2. The minimum absolute atomic E-state index is 0. The molecule has 0 aliphatic rings. The lowest BCUT2D eigenvalue weighted by molar-refractivity contribution is 0.166. The van der Waals surface area contributed by atoms with E-state index in [9.17, 15) is 0 Å². The molecule has 0 aliphatic heterocycles. The van der Waals surface area contributed by atoms with E-state index in [1.54, 1.807) is 22.7 Å². The summed E-state index contributed by atoms with van der Waals surface area (Å²) in [5.41, 5.74) is 0. The van der Waals surface area contributed by atoms with Crippen LogP contribution in [0.1, 0.15) is 128 Å². The Kier molecular flexibility index (Phi) is 37.6. The van der Waals surface area contributed by atoms with Crippen LogP contribution in [-0.4, -0.2) is 69.3 Å². The standard InChI is InChI=1S/2C12H22N2S3.C5H12O.C2H2N2S3.CH4.H2O/c1-5-9(3)7-15-11-13-14-12(17-11)16-8-10(4)6-2;1-5-9(6-2)15-11-13-14-12(17-11)16-10(7-3)8-4;1-3-5(6)4-2;5-1-3-4-2(6)7-1;;/h2*9-10H,5-8H2,1-4H3;5-6H,3-4H2,1-2H3;(H,3,5)(H,4,6);1H4;1H2/p-1. The van der Waals surface area contributed by atoms with Gasteiger partial charge in [-0.05, 0) is 74.8 Å². The number of aliphatic hydroxyl groups excluding tert-OH is 1. The first-order valence-corrected chi connectivity index (χ1v) is 23.7. The van der Waals surface area contributed by atoms with Gasteiger partial charge < -0.3 is 10.6 Å². The van der Waals surface area contributed by atoms with Gasteiger partial charge in [-0.3, -0.25) is 10.2 Å². The highest BCUT2D eigenvalue weighted by Crippen LogP contribution is 2.36. The second-order valence-corrected chi connectivity index (χ2v) is 20.8. The summed E-state index contributed by atoms with van der Waals surface area (Å²) < 4.78 is 5.91. The summed E-state index contributed by atoms with van der Waals surface area (Å²) in [4.78, 5) is 0. The molecule has 0 amide bonds. The summed E-state index contributed by atoms with van der Waals surface area (Å²) in [5.74, 6) is 3.84. The van der Waals surface area contributed by atoms with Crippen molar-refractivity contribution in [2.75, 3.05) is 11.5 Å². The molecule has 0 aromatic carbocycles. The van der Waals surface area contributed by atoms with Gasteiger partial charge in [0.15, 0.2) is 25.3 Å². The van der Waals surface area contributed by atoms with E-state index in [0.717, 1.165) is 53.5 Å². The molecule has 0 saturated carbocycles. The van der Waals surface area contributed by atoms with Crippen LogP contribution in [0.5, 0.6) is 0 Å². The van der Waals surface area contributed by atoms with Crippen LogP contribution in [0.15, 0.2) is 17.4 Å². The first-order chi connectivity index (χ1) is 22.5. The maximum absolute atomic E-state index is 8.67. The number of aromatic amines is 2. The molecular weight excluding hydrogens is 789 g/mol. The number of H-pyrrole nitrogens is 2. The van der Waals surface area contributed by atoms with Crippen LogP contribution in [0.3, 0.4) is 0 Å². The first-order valence-electron chi connectivity index (χ1n) is 16.7. The maximum atomic E-state index is 8.67. The summed E-state index contributed by atoms with van der Waals surface area (Å²) in [5, 5.41) is 32.4. The summed E-state index contributed by atoms with van der Waals surface area (Å²) in [6.45, 7) is 22.0. The van der Waals surface area contributed by atoms with Gasteiger partial charge >= 0.3 is 0 Å². The summed E-state index contributed by atoms with van der Waals surface area (Å²) in [7, 11) is 0. The van der Waals surface area contributed by atoms with Crippen molar-refractivity contribution in [1.29, 1.82) is 0 Å². The number of aromatic nitrogens is 6. The fourth-order valence-corrected chi connectivity index (χ4v) is 11.0. The first kappa shape index (κ1) is 53.8. The van der Waals surface area contributed by atoms with Crippen molar-refractivity contribution in [2.45, 2.75) is 162 Å². The third-order valence-corrected chi connectivity index (χ3v) is 16.2. The van der Waals surface area contributed by atoms with Gasteiger partial charge in [0.2, 0.25) is 0 Å². The fourth-order valence-electron chi connectivity index (χ4n) is 2.99. The Morgan fingerprint density at radius 3 is 1.14 bits per heavy atom. The molecule has 0 radical (unpaired) electrons. The van der Waals surface area contributed by atoms with Gasteiger partial charge in [-0.25, -0.2) is 0 Å². The summed E-state index contributed by atoms with van der Waals surface area (Å²) in [6, 6.07) is 0. The Balaban J connectivity index is -0.000000619. The molecule has 0 saturated heterocycles. The highest BCUT2D eigenvalue weighted by molar-refractivity contribution is 8.04. The number of rotatable bonds is 18. The predicted molar refractivity (Wildman–Crippen MR) is 231 cm³/mol. The molecule has 3 aromatic heterocycles. The highest BCUT2D eigenvalue weighted by atomic mass is 32.2. The smallest absolute Gasteiger partial charge is 0.175 e. The SMILES string of the molecule is C.CCC(C)CSc1nnc(SCC(C)CC)s1.CCC(CC)Sc1nnc(SC(CC)CC)s1.CCC(O)CC.S=c1[nH][nH]c(=S)s1.[OH-]. The summed E-state index contributed by atoms with van der Waals surface area (Å²) >= 11 is 21.7. The molecule has 8 nitrogen and oxygen atoms in total. The third-order valence-electron chi connectivity index (χ3n) is 6.90. The molecular formula is C32H63N6O2S9-. The Labute approximate surface area is 337 Å². The van der Waals surface area contributed by atoms with Crippen LogP contribution in [-0.2, 0) is 0 Å². The molecule has 49 heavy (non-hydrogen) atoms. The Morgan fingerprint density at radius 1 is 0.571 bits per heavy atom. The molecule has 4 N–H and O–H groups in total. The number of nitrogens with zero attached hydrogens (tertiary/aromatic N) is 4. The van der Waals surface area contributed by atoms with Crippen LogP contribution < -0.4 is 0 Å². The second-order valence-electron chi connectivity index (χ2n) is 10.8. The van der Waals surface area contributed by atoms with Crippen LogP contribution in [0.25, 0.3) is 0 Å². The fraction of sp³-hybridized carbons (Fsp3) is 0.812. The molecule has 0 fully saturated rings. The van der Waals surface area contributed by atoms with E-state index < -0.39 is 0 Å². The van der Waals surface area contributed by atoms with Crippen molar-refractivity contribution in [3.63, 3.8) is 0 Å². The number of hydrogen-bond acceptors (Lipinski definition) is 15. The van der Waals surface area contributed by atoms with E-state index in [4.69, 9.17) is 29.5 Å². The second kappa shape index (κ2) is 34.2. The van der Waals surface area contributed by atoms with Crippen molar-refractivity contribution in [3.8, 4) is 0 Å². The minimum Gasteiger partial charge on any atom is -0.870 e. The van der Waals surface area contributed by atoms with Gasteiger partial charge in [-0.1, -0.05) is 171 Å². The molecule has 0 aliphatic carbocycles. The number of hydrogen-bond donors (Lipinski definition) is 3. The van der Waals surface area contributed by atoms with Crippen LogP contribution >= 0.6 is 105 Å². The van der Waals surface area contributed by atoms with Gasteiger partial charge in [0.05, 0.1) is 6.10 Å². The molecule has 3 rings (SSSR count). The predicted octanol–water partition coefficient (Wildman–Crippen LogP) is 13.4. The third kappa shape index (κ3) is 27.7. The van der Waals surface area contributed by atoms with Crippen molar-refractivity contribution >= 4 is 105 Å². The van der Waals surface area contributed by atoms with Crippen LogP contribution in [0.2, 0.25) is 0 Å². The van der Waals surface area contributed by atoms with Gasteiger partial charge in [0, 0.05) is 22.0 Å². The molecule has 2 atom stereocenters. The van der Waals surface area contributed by atoms with E-state index in [2.05, 4.69) is 86.0 Å². The largest absolute Gasteiger partial charge is 0.870 e. The number of thioether (sulfide) groups is 4. The Hall–Kier alpha value is 0.440. The lowest BCUT2D eigenvalue weighted by Gasteiger charge is -2.08. The zero-order valence-electron chi connectivity index (χ0n) is 30.3. The topological polar surface area (TPSA) is 133 Å². The molecule has 0 spiro atoms. The van der Waals surface area contributed by atoms with E-state index in [1.807, 2.05) is 60.9 Å². The average molecular weight is 852 g/mol. The lowest BCUT2D eigenvalue weighted by Crippen LogP contribution is -1.99. The van der Waals surface area contributed by atoms with E-state index in [0.29, 0.717) is 18.4 Å². The summed E-state index contributed by atoms with van der Waals surface area (Å²) in [6.07, 6.45) is 9.00. The average Bonchev–Trinajstić information content (AvgIpc) is 3.85. The number of aliphatic hydroxyl groups is 1. The van der Waals surface area contributed by atoms with E-state index in [-0.39, 0.29) is 19.0 Å². The van der Waals surface area contributed by atoms with Crippen molar-refractivity contribution in [3.05, 3.63) is 7.91 Å². The quantitative estimate of drug-likeness (QED) is 0.0831. The molecule has 0 bridgehead atoms. The molecule has 2 unspecified atom stereocenters. The van der Waals surface area contributed by atoms with E-state index >= 15 is 0 Å². The normalized spacial score (nSPS) is 11.7. The maximum Gasteiger partial charge on any atom is 0.175 e. The van der Waals surface area contributed by atoms with Gasteiger partial charge in [-0.2, -0.15) is 0 Å². The Bertz CT molecular complexity index is 1160. The molecule has 288 valence electrons. The van der Waals surface area contributed by atoms with E-state index in [1.165, 1.54) is 49.9 Å². The van der Waals surface area contributed by atoms with Crippen LogP contribution in [0.4, 0.5) is 0 Å². The molecule has 3 aromatic rings. The monoisotopic (exact) mass is 851 g/mol. The van der Waals surface area contributed by atoms with Crippen molar-refractivity contribution in [2.24, 2.45) is 11.8 Å². The van der Waals surface area contributed by atoms with Crippen molar-refractivity contribution < 1.29 is 10.6 Å². The zero-order chi connectivity index (χ0) is 35.6. The zero-order valence-corrected chi connectivity index (χ0v) is 37.7. The molecule has 17 heteroatoms. The van der Waals surface area contributed by atoms with Crippen molar-refractivity contribution in [1.82, 2.24) is 30.6 Å². The van der Waals surface area contributed by atoms with Gasteiger partial charge in [-0.15, -0.1) is 20.4 Å². The molecule has 3 heterocycles. The van der Waals surface area contributed by atoms with Gasteiger partial charge in [0.1, 0.15) is 0 Å². The van der Waals surface area contributed by atoms with Gasteiger partial charge in [0.25, 0.3) is 0 Å². The number of nitrogens with one attached hydrogen (secondary N) is 2. The Morgan fingerprint density at radius 2 is 0.898 bits per heavy atom. The minimum atomic E-state index is -0.0648. The van der Waals surface area contributed by atoms with Crippen LogP contribution in [0, 0.1) is 19.7 Å².